The van der Waals surface area contributed by atoms with Gasteiger partial charge in [-0.2, -0.15) is 0 Å². The largest absolute Gasteiger partial charge is 0.494 e. The van der Waals surface area contributed by atoms with Crippen LogP contribution in [-0.2, 0) is 4.74 Å². The third-order valence-corrected chi connectivity index (χ3v) is 5.39. The number of nitrogens with one attached hydrogen (secondary N) is 1. The maximum Gasteiger partial charge on any atom is 0.411 e. The van der Waals surface area contributed by atoms with Gasteiger partial charge in [-0.25, -0.2) is 4.79 Å². The molecule has 1 aromatic carbocycles. The van der Waals surface area contributed by atoms with E-state index in [0.717, 1.165) is 44.1 Å². The van der Waals surface area contributed by atoms with Crippen LogP contribution in [-0.4, -0.2) is 43.3 Å². The standard InChI is InChI=1S/C24H40N2O3/c1-3-4-5-6-7-8-12-19-28-23-15-13-22(14-16-23)25-24(27)29-21(2)20-26-17-10-9-11-18-26/h13-16,21H,3-12,17-20H2,1-2H3,(H,25,27)/t21-/m1/s1. The van der Waals surface area contributed by atoms with Gasteiger partial charge in [0.15, 0.2) is 0 Å². The number of hydrogen-bond donors (Lipinski definition) is 1. The van der Waals surface area contributed by atoms with Crippen LogP contribution in [0.2, 0.25) is 0 Å². The summed E-state index contributed by atoms with van der Waals surface area (Å²) in [6, 6.07) is 7.51. The Hall–Kier alpha value is -1.75. The lowest BCUT2D eigenvalue weighted by Gasteiger charge is -2.28. The van der Waals surface area contributed by atoms with Crippen molar-refractivity contribution in [3.63, 3.8) is 0 Å². The first-order valence-corrected chi connectivity index (χ1v) is 11.6. The van der Waals surface area contributed by atoms with Crippen LogP contribution < -0.4 is 10.1 Å². The van der Waals surface area contributed by atoms with E-state index in [-0.39, 0.29) is 6.10 Å². The molecule has 0 saturated carbocycles. The fraction of sp³-hybridized carbons (Fsp3) is 0.708. The molecule has 1 amide bonds. The summed E-state index contributed by atoms with van der Waals surface area (Å²) < 4.78 is 11.3. The molecule has 5 heteroatoms. The van der Waals surface area contributed by atoms with Crippen LogP contribution in [0, 0.1) is 0 Å². The van der Waals surface area contributed by atoms with Gasteiger partial charge in [0, 0.05) is 12.2 Å². The molecule has 0 unspecified atom stereocenters. The number of hydrogen-bond acceptors (Lipinski definition) is 4. The van der Waals surface area contributed by atoms with Gasteiger partial charge in [-0.1, -0.05) is 51.9 Å². The van der Waals surface area contributed by atoms with Crippen molar-refractivity contribution < 1.29 is 14.3 Å². The van der Waals surface area contributed by atoms with Crippen molar-refractivity contribution in [1.82, 2.24) is 4.90 Å². The minimum atomic E-state index is -0.397. The molecule has 0 aliphatic carbocycles. The lowest BCUT2D eigenvalue weighted by molar-refractivity contribution is 0.0833. The fourth-order valence-electron chi connectivity index (χ4n) is 3.76. The van der Waals surface area contributed by atoms with Crippen molar-refractivity contribution in [2.24, 2.45) is 0 Å². The van der Waals surface area contributed by atoms with E-state index < -0.39 is 6.09 Å². The second-order valence-electron chi connectivity index (χ2n) is 8.20. The number of anilines is 1. The second-order valence-corrected chi connectivity index (χ2v) is 8.20. The molecule has 164 valence electrons. The maximum atomic E-state index is 12.1. The first kappa shape index (κ1) is 23.5. The number of carbonyl (C=O) groups excluding carboxylic acids is 1. The minimum absolute atomic E-state index is 0.113. The second kappa shape index (κ2) is 14.3. The highest BCUT2D eigenvalue weighted by molar-refractivity contribution is 5.84. The summed E-state index contributed by atoms with van der Waals surface area (Å²) in [6.07, 6.45) is 12.2. The first-order chi connectivity index (χ1) is 14.2. The maximum absolute atomic E-state index is 12.1. The molecule has 1 atom stereocenters. The molecule has 0 spiro atoms. The Bertz CT molecular complexity index is 556. The molecule has 2 rings (SSSR count). The summed E-state index contributed by atoms with van der Waals surface area (Å²) in [5.41, 5.74) is 0.725. The van der Waals surface area contributed by atoms with Crippen molar-refractivity contribution in [3.05, 3.63) is 24.3 Å². The molecule has 0 radical (unpaired) electrons. The van der Waals surface area contributed by atoms with Crippen LogP contribution in [0.15, 0.2) is 24.3 Å². The number of unbranched alkanes of at least 4 members (excludes halogenated alkanes) is 6. The lowest BCUT2D eigenvalue weighted by atomic mass is 10.1. The highest BCUT2D eigenvalue weighted by atomic mass is 16.6. The molecular weight excluding hydrogens is 364 g/mol. The highest BCUT2D eigenvalue weighted by Crippen LogP contribution is 2.17. The molecule has 1 aliphatic rings. The number of rotatable bonds is 13. The van der Waals surface area contributed by atoms with Gasteiger partial charge in [0.1, 0.15) is 11.9 Å². The summed E-state index contributed by atoms with van der Waals surface area (Å²) in [6.45, 7) is 7.96. The highest BCUT2D eigenvalue weighted by Gasteiger charge is 2.16. The zero-order valence-corrected chi connectivity index (χ0v) is 18.5. The quantitative estimate of drug-likeness (QED) is 0.395. The van der Waals surface area contributed by atoms with Crippen molar-refractivity contribution in [1.29, 1.82) is 0 Å². The third kappa shape index (κ3) is 10.6. The summed E-state index contributed by atoms with van der Waals surface area (Å²) >= 11 is 0. The average Bonchev–Trinajstić information content (AvgIpc) is 2.71. The zero-order valence-electron chi connectivity index (χ0n) is 18.5. The molecule has 1 aliphatic heterocycles. The minimum Gasteiger partial charge on any atom is -0.494 e. The Balaban J connectivity index is 1.58. The van der Waals surface area contributed by atoms with Crippen LogP contribution in [0.1, 0.15) is 78.1 Å². The van der Waals surface area contributed by atoms with Gasteiger partial charge in [0.25, 0.3) is 0 Å². The Morgan fingerprint density at radius 3 is 2.34 bits per heavy atom. The van der Waals surface area contributed by atoms with Gasteiger partial charge in [-0.3, -0.25) is 10.2 Å². The van der Waals surface area contributed by atoms with Crippen molar-refractivity contribution in [2.75, 3.05) is 31.6 Å². The number of piperidine rings is 1. The van der Waals surface area contributed by atoms with Crippen molar-refractivity contribution >= 4 is 11.8 Å². The number of amides is 1. The summed E-state index contributed by atoms with van der Waals surface area (Å²) in [5.74, 6) is 0.841. The number of likely N-dealkylation sites (tertiary alicyclic amines) is 1. The number of ether oxygens (including phenoxy) is 2. The average molecular weight is 405 g/mol. The van der Waals surface area contributed by atoms with Crippen LogP contribution >= 0.6 is 0 Å². The fourth-order valence-corrected chi connectivity index (χ4v) is 3.76. The van der Waals surface area contributed by atoms with E-state index in [0.29, 0.717) is 0 Å². The number of carbonyl (C=O) groups is 1. The molecule has 1 heterocycles. The van der Waals surface area contributed by atoms with E-state index in [9.17, 15) is 4.79 Å². The first-order valence-electron chi connectivity index (χ1n) is 11.6. The number of nitrogens with zero attached hydrogens (tertiary/aromatic N) is 1. The molecule has 0 aromatic heterocycles. The van der Waals surface area contributed by atoms with Crippen LogP contribution in [0.4, 0.5) is 10.5 Å². The molecule has 1 saturated heterocycles. The summed E-state index contributed by atoms with van der Waals surface area (Å²) in [7, 11) is 0. The van der Waals surface area contributed by atoms with Crippen LogP contribution in [0.25, 0.3) is 0 Å². The Morgan fingerprint density at radius 1 is 1.00 bits per heavy atom. The van der Waals surface area contributed by atoms with Gasteiger partial charge in [-0.05, 0) is 63.5 Å². The van der Waals surface area contributed by atoms with E-state index in [1.165, 1.54) is 57.8 Å². The zero-order chi connectivity index (χ0) is 20.7. The summed E-state index contributed by atoms with van der Waals surface area (Å²) in [4.78, 5) is 14.5. The molecule has 1 N–H and O–H groups in total. The third-order valence-electron chi connectivity index (χ3n) is 5.39. The molecule has 5 nitrogen and oxygen atoms in total. The van der Waals surface area contributed by atoms with E-state index >= 15 is 0 Å². The Kier molecular flexibility index (Phi) is 11.6. The number of benzene rings is 1. The monoisotopic (exact) mass is 404 g/mol. The van der Waals surface area contributed by atoms with Crippen molar-refractivity contribution in [2.45, 2.75) is 84.2 Å². The summed E-state index contributed by atoms with van der Waals surface area (Å²) in [5, 5.41) is 2.80. The molecule has 29 heavy (non-hydrogen) atoms. The smallest absolute Gasteiger partial charge is 0.411 e. The molecule has 0 bridgehead atoms. The topological polar surface area (TPSA) is 50.8 Å². The van der Waals surface area contributed by atoms with Crippen molar-refractivity contribution in [3.8, 4) is 5.75 Å². The van der Waals surface area contributed by atoms with Gasteiger partial charge in [-0.15, -0.1) is 0 Å². The SMILES string of the molecule is CCCCCCCCCOc1ccc(NC(=O)O[C@H](C)CN2CCCCC2)cc1. The van der Waals surface area contributed by atoms with Gasteiger partial charge in [0.05, 0.1) is 6.61 Å². The Labute approximate surface area is 177 Å². The van der Waals surface area contributed by atoms with E-state index in [1.54, 1.807) is 0 Å². The molecule has 1 fully saturated rings. The molecular formula is C24H40N2O3. The van der Waals surface area contributed by atoms with Crippen LogP contribution in [0.3, 0.4) is 0 Å². The molecule has 1 aromatic rings. The van der Waals surface area contributed by atoms with Crippen LogP contribution in [0.5, 0.6) is 5.75 Å². The normalized spacial score (nSPS) is 15.7. The van der Waals surface area contributed by atoms with E-state index in [2.05, 4.69) is 17.1 Å². The van der Waals surface area contributed by atoms with Gasteiger partial charge >= 0.3 is 6.09 Å². The van der Waals surface area contributed by atoms with E-state index in [1.807, 2.05) is 31.2 Å². The van der Waals surface area contributed by atoms with E-state index in [4.69, 9.17) is 9.47 Å². The lowest BCUT2D eigenvalue weighted by Crippen LogP contribution is -2.37. The van der Waals surface area contributed by atoms with Gasteiger partial charge in [0.2, 0.25) is 0 Å². The Morgan fingerprint density at radius 2 is 1.66 bits per heavy atom. The predicted molar refractivity (Wildman–Crippen MR) is 120 cm³/mol. The van der Waals surface area contributed by atoms with Gasteiger partial charge < -0.3 is 9.47 Å². The predicted octanol–water partition coefficient (Wildman–Crippen LogP) is 6.24.